The summed E-state index contributed by atoms with van der Waals surface area (Å²) in [5.41, 5.74) is 3.47. The van der Waals surface area contributed by atoms with Gasteiger partial charge in [-0.25, -0.2) is 0 Å². The number of halogens is 1. The molecule has 0 fully saturated rings. The second-order valence-corrected chi connectivity index (χ2v) is 7.04. The minimum Gasteiger partial charge on any atom is -0.496 e. The average molecular weight is 417 g/mol. The van der Waals surface area contributed by atoms with E-state index >= 15 is 0 Å². The van der Waals surface area contributed by atoms with Gasteiger partial charge in [-0.2, -0.15) is 4.98 Å². The molecule has 2 aromatic carbocycles. The van der Waals surface area contributed by atoms with Crippen LogP contribution in [0.1, 0.15) is 36.9 Å². The molecule has 0 radical (unpaired) electrons. The van der Waals surface area contributed by atoms with Gasteiger partial charge in [0.15, 0.2) is 6.54 Å². The molecule has 3 aromatic rings. The van der Waals surface area contributed by atoms with Gasteiger partial charge in [0.2, 0.25) is 5.82 Å². The summed E-state index contributed by atoms with van der Waals surface area (Å²) in [6.07, 6.45) is 1.02. The first-order valence-electron chi connectivity index (χ1n) is 8.69. The van der Waals surface area contributed by atoms with Crippen LogP contribution >= 0.6 is 15.9 Å². The van der Waals surface area contributed by atoms with Gasteiger partial charge in [-0.3, -0.25) is 0 Å². The summed E-state index contributed by atoms with van der Waals surface area (Å²) in [6.45, 7) is 4.92. The lowest BCUT2D eigenvalue weighted by Gasteiger charge is -2.11. The van der Waals surface area contributed by atoms with Crippen molar-refractivity contribution in [2.75, 3.05) is 7.11 Å². The summed E-state index contributed by atoms with van der Waals surface area (Å²) in [7, 11) is 1.66. The van der Waals surface area contributed by atoms with E-state index in [0.29, 0.717) is 18.3 Å². The molecule has 1 aromatic heterocycles. The molecule has 6 heteroatoms. The molecule has 0 spiro atoms. The highest BCUT2D eigenvalue weighted by Gasteiger charge is 2.15. The van der Waals surface area contributed by atoms with Gasteiger partial charge in [0.25, 0.3) is 5.89 Å². The van der Waals surface area contributed by atoms with Gasteiger partial charge in [-0.1, -0.05) is 36.3 Å². The molecule has 0 unspecified atom stereocenters. The van der Waals surface area contributed by atoms with Crippen LogP contribution in [0.5, 0.6) is 5.75 Å². The third-order valence-electron chi connectivity index (χ3n) is 4.44. The van der Waals surface area contributed by atoms with E-state index in [1.54, 1.807) is 7.11 Å². The van der Waals surface area contributed by atoms with Gasteiger partial charge in [-0.15, -0.1) is 0 Å². The number of hydrogen-bond acceptors (Lipinski definition) is 4. The molecule has 0 saturated carbocycles. The zero-order valence-corrected chi connectivity index (χ0v) is 16.8. The molecular weight excluding hydrogens is 394 g/mol. The molecule has 0 bridgehead atoms. The first-order chi connectivity index (χ1) is 12.6. The van der Waals surface area contributed by atoms with Gasteiger partial charge >= 0.3 is 0 Å². The monoisotopic (exact) mass is 416 g/mol. The van der Waals surface area contributed by atoms with Crippen LogP contribution in [0.15, 0.2) is 51.5 Å². The fourth-order valence-electron chi connectivity index (χ4n) is 2.72. The van der Waals surface area contributed by atoms with Gasteiger partial charge in [0, 0.05) is 11.1 Å². The van der Waals surface area contributed by atoms with Crippen molar-refractivity contribution in [2.45, 2.75) is 32.9 Å². The fourth-order valence-corrected chi connectivity index (χ4v) is 3.28. The number of quaternary nitrogens is 1. The molecule has 0 aliphatic carbocycles. The highest BCUT2D eigenvalue weighted by atomic mass is 79.9. The Kier molecular flexibility index (Phi) is 6.06. The van der Waals surface area contributed by atoms with E-state index in [1.165, 1.54) is 11.1 Å². The Labute approximate surface area is 161 Å². The van der Waals surface area contributed by atoms with Gasteiger partial charge < -0.3 is 14.6 Å². The van der Waals surface area contributed by atoms with Crippen LogP contribution in [0.2, 0.25) is 0 Å². The molecule has 1 atom stereocenters. The Hall–Kier alpha value is -2.18. The second-order valence-electron chi connectivity index (χ2n) is 6.18. The zero-order chi connectivity index (χ0) is 18.5. The number of aryl methyl sites for hydroxylation is 1. The minimum atomic E-state index is 0.261. The predicted octanol–water partition coefficient (Wildman–Crippen LogP) is 3.89. The number of rotatable bonds is 7. The van der Waals surface area contributed by atoms with Crippen molar-refractivity contribution < 1.29 is 14.6 Å². The largest absolute Gasteiger partial charge is 0.496 e. The van der Waals surface area contributed by atoms with Crippen LogP contribution in [0.3, 0.4) is 0 Å². The smallest absolute Gasteiger partial charge is 0.282 e. The summed E-state index contributed by atoms with van der Waals surface area (Å²) >= 11 is 3.53. The summed E-state index contributed by atoms with van der Waals surface area (Å²) in [6, 6.07) is 14.6. The number of hydrogen-bond donors (Lipinski definition) is 1. The Morgan fingerprint density at radius 3 is 2.62 bits per heavy atom. The van der Waals surface area contributed by atoms with Crippen molar-refractivity contribution in [3.8, 4) is 17.1 Å². The lowest BCUT2D eigenvalue weighted by molar-refractivity contribution is -0.710. The van der Waals surface area contributed by atoms with Crippen LogP contribution in [-0.2, 0) is 13.0 Å². The number of benzene rings is 2. The molecule has 5 nitrogen and oxygen atoms in total. The first kappa shape index (κ1) is 18.6. The maximum Gasteiger partial charge on any atom is 0.282 e. The normalized spacial score (nSPS) is 12.2. The number of methoxy groups -OCH3 is 1. The van der Waals surface area contributed by atoms with Crippen molar-refractivity contribution in [2.24, 2.45) is 0 Å². The summed E-state index contributed by atoms with van der Waals surface area (Å²) in [5.74, 6) is 2.09. The predicted molar refractivity (Wildman–Crippen MR) is 104 cm³/mol. The maximum absolute atomic E-state index is 5.40. The average Bonchev–Trinajstić information content (AvgIpc) is 3.15. The van der Waals surface area contributed by atoms with Crippen LogP contribution in [-0.4, -0.2) is 17.3 Å². The van der Waals surface area contributed by atoms with Crippen LogP contribution in [0, 0.1) is 0 Å². The van der Waals surface area contributed by atoms with Crippen molar-refractivity contribution >= 4 is 15.9 Å². The Balaban J connectivity index is 1.63. The van der Waals surface area contributed by atoms with Crippen molar-refractivity contribution in [3.05, 3.63) is 64.0 Å². The number of ether oxygens (including phenoxy) is 1. The second kappa shape index (κ2) is 8.47. The number of aromatic nitrogens is 2. The van der Waals surface area contributed by atoms with Crippen molar-refractivity contribution in [3.63, 3.8) is 0 Å². The summed E-state index contributed by atoms with van der Waals surface area (Å²) in [4.78, 5) is 4.51. The van der Waals surface area contributed by atoms with E-state index in [4.69, 9.17) is 9.26 Å². The number of nitrogens with two attached hydrogens (primary N) is 1. The molecule has 0 aliphatic rings. The van der Waals surface area contributed by atoms with E-state index in [9.17, 15) is 0 Å². The van der Waals surface area contributed by atoms with E-state index < -0.39 is 0 Å². The molecule has 2 N–H and O–H groups in total. The summed E-state index contributed by atoms with van der Waals surface area (Å²) in [5, 5.41) is 6.27. The zero-order valence-electron chi connectivity index (χ0n) is 15.2. The van der Waals surface area contributed by atoms with E-state index in [-0.39, 0.29) is 6.04 Å². The van der Waals surface area contributed by atoms with Gasteiger partial charge in [-0.05, 0) is 53.0 Å². The summed E-state index contributed by atoms with van der Waals surface area (Å²) < 4.78 is 11.6. The molecule has 0 aliphatic heterocycles. The Morgan fingerprint density at radius 2 is 1.96 bits per heavy atom. The van der Waals surface area contributed by atoms with Crippen LogP contribution in [0.4, 0.5) is 0 Å². The molecule has 0 saturated heterocycles. The molecule has 1 heterocycles. The highest BCUT2D eigenvalue weighted by molar-refractivity contribution is 9.10. The first-order valence-corrected chi connectivity index (χ1v) is 9.48. The Morgan fingerprint density at radius 1 is 1.19 bits per heavy atom. The SMILES string of the molecule is CCc1ccc(-c2noc(C[NH2+][C@@H](C)c3ccc(OC)c(Br)c3)n2)cc1. The van der Waals surface area contributed by atoms with E-state index in [0.717, 1.165) is 22.2 Å². The molecule has 0 amide bonds. The standard InChI is InChI=1S/C20H22BrN3O2/c1-4-14-5-7-15(8-6-14)20-23-19(26-24-20)12-22-13(2)16-9-10-18(25-3)17(21)11-16/h5-11,13,22H,4,12H2,1-3H3/p+1/t13-/m0/s1. The molecule has 26 heavy (non-hydrogen) atoms. The molecular formula is C20H23BrN3O2+. The molecule has 136 valence electrons. The number of nitrogens with zero attached hydrogens (tertiary/aromatic N) is 2. The third-order valence-corrected chi connectivity index (χ3v) is 5.06. The quantitative estimate of drug-likeness (QED) is 0.634. The fraction of sp³-hybridized carbons (Fsp3) is 0.300. The van der Waals surface area contributed by atoms with Crippen LogP contribution in [0.25, 0.3) is 11.4 Å². The highest BCUT2D eigenvalue weighted by Crippen LogP contribution is 2.27. The molecule has 3 rings (SSSR count). The van der Waals surface area contributed by atoms with Crippen molar-refractivity contribution in [1.82, 2.24) is 10.1 Å². The Bertz CT molecular complexity index is 862. The topological polar surface area (TPSA) is 64.8 Å². The van der Waals surface area contributed by atoms with Crippen LogP contribution < -0.4 is 10.1 Å². The lowest BCUT2D eigenvalue weighted by atomic mass is 10.1. The maximum atomic E-state index is 5.40. The van der Waals surface area contributed by atoms with Gasteiger partial charge in [0.05, 0.1) is 11.6 Å². The minimum absolute atomic E-state index is 0.261. The van der Waals surface area contributed by atoms with Gasteiger partial charge in [0.1, 0.15) is 11.8 Å². The van der Waals surface area contributed by atoms with E-state index in [2.05, 4.69) is 69.5 Å². The van der Waals surface area contributed by atoms with E-state index in [1.807, 2.05) is 18.2 Å². The lowest BCUT2D eigenvalue weighted by Crippen LogP contribution is -2.83. The van der Waals surface area contributed by atoms with Crippen molar-refractivity contribution in [1.29, 1.82) is 0 Å². The third kappa shape index (κ3) is 4.31.